The van der Waals surface area contributed by atoms with Gasteiger partial charge in [0.1, 0.15) is 5.78 Å². The number of Topliss-reactive ketones (excluding diaryl/α,β-unsaturated/α-hetero) is 1. The largest absolute Gasteiger partial charge is 0.339 e. The van der Waals surface area contributed by atoms with E-state index >= 15 is 0 Å². The van der Waals surface area contributed by atoms with E-state index in [0.29, 0.717) is 11.7 Å². The summed E-state index contributed by atoms with van der Waals surface area (Å²) >= 11 is 0. The van der Waals surface area contributed by atoms with Crippen LogP contribution in [0.5, 0.6) is 0 Å². The number of rotatable bonds is 6. The van der Waals surface area contributed by atoms with Crippen LogP contribution in [0.3, 0.4) is 0 Å². The molecule has 1 saturated carbocycles. The SMILES string of the molecule is CCCC(CCC)C(=O)N1CCCC1C1CCCC1=O. The number of nitrogens with zero attached hydrogens (tertiary/aromatic N) is 1. The maximum Gasteiger partial charge on any atom is 0.225 e. The second kappa shape index (κ2) is 7.24. The van der Waals surface area contributed by atoms with Gasteiger partial charge in [-0.3, -0.25) is 9.59 Å². The molecule has 3 heteroatoms. The highest BCUT2D eigenvalue weighted by molar-refractivity contribution is 5.85. The van der Waals surface area contributed by atoms with Gasteiger partial charge >= 0.3 is 0 Å². The first-order chi connectivity index (χ1) is 9.69. The number of ketones is 1. The highest BCUT2D eigenvalue weighted by Gasteiger charge is 2.41. The van der Waals surface area contributed by atoms with Crippen molar-refractivity contribution in [2.75, 3.05) is 6.54 Å². The van der Waals surface area contributed by atoms with Crippen LogP contribution in [0.15, 0.2) is 0 Å². The normalized spacial score (nSPS) is 26.8. The summed E-state index contributed by atoms with van der Waals surface area (Å²) in [5.41, 5.74) is 0. The third-order valence-corrected chi connectivity index (χ3v) is 5.02. The molecule has 0 N–H and O–H groups in total. The summed E-state index contributed by atoms with van der Waals surface area (Å²) in [6.45, 7) is 5.17. The highest BCUT2D eigenvalue weighted by Crippen LogP contribution is 2.34. The zero-order valence-corrected chi connectivity index (χ0v) is 13.1. The van der Waals surface area contributed by atoms with Crippen LogP contribution in [-0.4, -0.2) is 29.2 Å². The Balaban J connectivity index is 2.04. The Morgan fingerprint density at radius 1 is 1.20 bits per heavy atom. The van der Waals surface area contributed by atoms with E-state index in [2.05, 4.69) is 18.7 Å². The quantitative estimate of drug-likeness (QED) is 0.745. The Kier molecular flexibility index (Phi) is 5.62. The molecule has 0 radical (unpaired) electrons. The monoisotopic (exact) mass is 279 g/mol. The molecule has 2 unspecified atom stereocenters. The average molecular weight is 279 g/mol. The van der Waals surface area contributed by atoms with Crippen molar-refractivity contribution in [1.29, 1.82) is 0 Å². The first-order valence-electron chi connectivity index (χ1n) is 8.52. The van der Waals surface area contributed by atoms with E-state index in [1.807, 2.05) is 0 Å². The molecule has 0 aromatic carbocycles. The van der Waals surface area contributed by atoms with Crippen molar-refractivity contribution < 1.29 is 9.59 Å². The van der Waals surface area contributed by atoms with Gasteiger partial charge in [-0.1, -0.05) is 26.7 Å². The lowest BCUT2D eigenvalue weighted by Gasteiger charge is -2.31. The van der Waals surface area contributed by atoms with Crippen LogP contribution < -0.4 is 0 Å². The summed E-state index contributed by atoms with van der Waals surface area (Å²) in [4.78, 5) is 26.9. The second-order valence-electron chi connectivity index (χ2n) is 6.48. The Bertz CT molecular complexity index is 347. The molecule has 1 heterocycles. The molecule has 1 saturated heterocycles. The summed E-state index contributed by atoms with van der Waals surface area (Å²) in [5, 5.41) is 0. The lowest BCUT2D eigenvalue weighted by atomic mass is 9.92. The molecule has 0 spiro atoms. The minimum Gasteiger partial charge on any atom is -0.339 e. The van der Waals surface area contributed by atoms with Crippen molar-refractivity contribution in [3.63, 3.8) is 0 Å². The molecule has 0 aromatic rings. The van der Waals surface area contributed by atoms with Crippen molar-refractivity contribution in [1.82, 2.24) is 4.90 Å². The van der Waals surface area contributed by atoms with Crippen LogP contribution >= 0.6 is 0 Å². The number of carbonyl (C=O) groups is 2. The summed E-state index contributed by atoms with van der Waals surface area (Å²) in [5.74, 6) is 1.06. The van der Waals surface area contributed by atoms with Gasteiger partial charge in [0.15, 0.2) is 0 Å². The summed E-state index contributed by atoms with van der Waals surface area (Å²) in [7, 11) is 0. The zero-order chi connectivity index (χ0) is 14.5. The van der Waals surface area contributed by atoms with Crippen molar-refractivity contribution in [2.45, 2.75) is 77.7 Å². The Hall–Kier alpha value is -0.860. The van der Waals surface area contributed by atoms with Gasteiger partial charge in [0, 0.05) is 30.8 Å². The van der Waals surface area contributed by atoms with Gasteiger partial charge in [-0.05, 0) is 38.5 Å². The molecule has 2 atom stereocenters. The molecule has 20 heavy (non-hydrogen) atoms. The van der Waals surface area contributed by atoms with Gasteiger partial charge in [0.05, 0.1) is 0 Å². The van der Waals surface area contributed by atoms with Gasteiger partial charge in [0.2, 0.25) is 5.91 Å². The Morgan fingerprint density at radius 3 is 2.45 bits per heavy atom. The standard InChI is InChI=1S/C17H29NO2/c1-3-7-13(8-4-2)17(20)18-12-6-10-15(18)14-9-5-11-16(14)19/h13-15H,3-12H2,1-2H3. The Morgan fingerprint density at radius 2 is 1.90 bits per heavy atom. The molecule has 2 rings (SSSR count). The first kappa shape index (κ1) is 15.5. The van der Waals surface area contributed by atoms with Crippen molar-refractivity contribution in [2.24, 2.45) is 11.8 Å². The van der Waals surface area contributed by atoms with Crippen LogP contribution in [0.4, 0.5) is 0 Å². The van der Waals surface area contributed by atoms with E-state index in [1.54, 1.807) is 0 Å². The van der Waals surface area contributed by atoms with Gasteiger partial charge < -0.3 is 4.90 Å². The molecular formula is C17H29NO2. The van der Waals surface area contributed by atoms with E-state index < -0.39 is 0 Å². The van der Waals surface area contributed by atoms with Crippen molar-refractivity contribution in [3.8, 4) is 0 Å². The minimum atomic E-state index is 0.144. The predicted molar refractivity (Wildman–Crippen MR) is 80.4 cm³/mol. The predicted octanol–water partition coefficient (Wildman–Crippen LogP) is 3.56. The number of hydrogen-bond donors (Lipinski definition) is 0. The fraction of sp³-hybridized carbons (Fsp3) is 0.882. The number of likely N-dealkylation sites (tertiary alicyclic amines) is 1. The fourth-order valence-electron chi connectivity index (χ4n) is 4.06. The van der Waals surface area contributed by atoms with Crippen molar-refractivity contribution in [3.05, 3.63) is 0 Å². The third-order valence-electron chi connectivity index (χ3n) is 5.02. The lowest BCUT2D eigenvalue weighted by molar-refractivity contribution is -0.138. The van der Waals surface area contributed by atoms with Crippen LogP contribution in [0.1, 0.15) is 71.6 Å². The third kappa shape index (κ3) is 3.24. The number of carbonyl (C=O) groups excluding carboxylic acids is 2. The van der Waals surface area contributed by atoms with E-state index in [0.717, 1.165) is 64.3 Å². The van der Waals surface area contributed by atoms with E-state index in [-0.39, 0.29) is 17.9 Å². The molecule has 1 aliphatic heterocycles. The van der Waals surface area contributed by atoms with Gasteiger partial charge in [0.25, 0.3) is 0 Å². The smallest absolute Gasteiger partial charge is 0.225 e. The molecule has 2 fully saturated rings. The molecule has 0 aromatic heterocycles. The molecular weight excluding hydrogens is 250 g/mol. The van der Waals surface area contributed by atoms with Crippen LogP contribution in [0, 0.1) is 11.8 Å². The lowest BCUT2D eigenvalue weighted by Crippen LogP contribution is -2.44. The van der Waals surface area contributed by atoms with Gasteiger partial charge in [-0.15, -0.1) is 0 Å². The van der Waals surface area contributed by atoms with Gasteiger partial charge in [-0.25, -0.2) is 0 Å². The summed E-state index contributed by atoms with van der Waals surface area (Å²) in [6.07, 6.45) is 8.99. The highest BCUT2D eigenvalue weighted by atomic mass is 16.2. The summed E-state index contributed by atoms with van der Waals surface area (Å²) in [6, 6.07) is 0.216. The molecule has 2 aliphatic rings. The van der Waals surface area contributed by atoms with E-state index in [4.69, 9.17) is 0 Å². The molecule has 0 bridgehead atoms. The van der Waals surface area contributed by atoms with Crippen LogP contribution in [-0.2, 0) is 9.59 Å². The van der Waals surface area contributed by atoms with E-state index in [9.17, 15) is 9.59 Å². The maximum atomic E-state index is 12.8. The van der Waals surface area contributed by atoms with Crippen molar-refractivity contribution >= 4 is 11.7 Å². The number of hydrogen-bond acceptors (Lipinski definition) is 2. The molecule has 1 aliphatic carbocycles. The zero-order valence-electron chi connectivity index (χ0n) is 13.1. The van der Waals surface area contributed by atoms with Gasteiger partial charge in [-0.2, -0.15) is 0 Å². The van der Waals surface area contributed by atoms with Crippen LogP contribution in [0.2, 0.25) is 0 Å². The number of amides is 1. The van der Waals surface area contributed by atoms with E-state index in [1.165, 1.54) is 0 Å². The fourth-order valence-corrected chi connectivity index (χ4v) is 4.06. The van der Waals surface area contributed by atoms with Crippen LogP contribution in [0.25, 0.3) is 0 Å². The maximum absolute atomic E-state index is 12.8. The Labute approximate surface area is 123 Å². The molecule has 114 valence electrons. The average Bonchev–Trinajstić information content (AvgIpc) is 3.05. The molecule has 1 amide bonds. The first-order valence-corrected chi connectivity index (χ1v) is 8.52. The second-order valence-corrected chi connectivity index (χ2v) is 6.48. The molecule has 3 nitrogen and oxygen atoms in total. The topological polar surface area (TPSA) is 37.4 Å². The minimum absolute atomic E-state index is 0.144. The summed E-state index contributed by atoms with van der Waals surface area (Å²) < 4.78 is 0.